The first kappa shape index (κ1) is 15.8. The average molecular weight is 299 g/mol. The van der Waals surface area contributed by atoms with Gasteiger partial charge in [0, 0.05) is 25.2 Å². The molecule has 0 radical (unpaired) electrons. The van der Waals surface area contributed by atoms with Crippen molar-refractivity contribution in [3.63, 3.8) is 0 Å². The highest BCUT2D eigenvalue weighted by atomic mass is 35.5. The van der Waals surface area contributed by atoms with Gasteiger partial charge in [-0.15, -0.1) is 0 Å². The summed E-state index contributed by atoms with van der Waals surface area (Å²) in [6, 6.07) is 0. The van der Waals surface area contributed by atoms with E-state index in [2.05, 4.69) is 36.1 Å². The maximum atomic E-state index is 6.43. The van der Waals surface area contributed by atoms with Crippen molar-refractivity contribution in [1.29, 1.82) is 0 Å². The van der Waals surface area contributed by atoms with Crippen molar-refractivity contribution in [3.05, 3.63) is 16.4 Å². The minimum absolute atomic E-state index is 0.203. The first-order valence-electron chi connectivity index (χ1n) is 7.68. The number of hydrogen-bond donors (Lipinski definition) is 1. The second-order valence-electron chi connectivity index (χ2n) is 6.07. The number of nitrogens with one attached hydrogen (secondary N) is 1. The van der Waals surface area contributed by atoms with Gasteiger partial charge in [-0.3, -0.25) is 9.58 Å². The summed E-state index contributed by atoms with van der Waals surface area (Å²) in [7, 11) is 0. The van der Waals surface area contributed by atoms with Crippen LogP contribution in [0.25, 0.3) is 0 Å². The van der Waals surface area contributed by atoms with Crippen molar-refractivity contribution in [2.45, 2.75) is 59.2 Å². The van der Waals surface area contributed by atoms with E-state index in [1.807, 2.05) is 11.6 Å². The predicted octanol–water partition coefficient (Wildman–Crippen LogP) is 2.83. The molecule has 0 spiro atoms. The monoisotopic (exact) mass is 298 g/mol. The summed E-state index contributed by atoms with van der Waals surface area (Å²) >= 11 is 6.43. The highest BCUT2D eigenvalue weighted by Crippen LogP contribution is 2.24. The Morgan fingerprint density at radius 2 is 2.15 bits per heavy atom. The lowest BCUT2D eigenvalue weighted by molar-refractivity contribution is 0.204. The van der Waals surface area contributed by atoms with Gasteiger partial charge in [0.1, 0.15) is 0 Å². The molecule has 0 bridgehead atoms. The van der Waals surface area contributed by atoms with E-state index in [1.54, 1.807) is 0 Å². The number of rotatable bonds is 4. The van der Waals surface area contributed by atoms with Crippen LogP contribution in [-0.2, 0) is 13.1 Å². The average Bonchev–Trinajstić information content (AvgIpc) is 2.61. The Morgan fingerprint density at radius 1 is 1.40 bits per heavy atom. The van der Waals surface area contributed by atoms with Crippen LogP contribution in [0.1, 0.15) is 45.0 Å². The quantitative estimate of drug-likeness (QED) is 0.928. The van der Waals surface area contributed by atoms with Gasteiger partial charge in [0.25, 0.3) is 0 Å². The summed E-state index contributed by atoms with van der Waals surface area (Å²) in [6.45, 7) is 13.7. The molecule has 1 aliphatic rings. The van der Waals surface area contributed by atoms with Crippen molar-refractivity contribution < 1.29 is 0 Å². The van der Waals surface area contributed by atoms with Gasteiger partial charge in [0.05, 0.1) is 16.4 Å². The molecule has 4 nitrogen and oxygen atoms in total. The number of hydrogen-bond acceptors (Lipinski definition) is 3. The molecular formula is C15H27ClN4. The second kappa shape index (κ2) is 6.46. The van der Waals surface area contributed by atoms with Crippen LogP contribution in [0.15, 0.2) is 0 Å². The van der Waals surface area contributed by atoms with Crippen LogP contribution in [-0.4, -0.2) is 39.9 Å². The van der Waals surface area contributed by atoms with Crippen molar-refractivity contribution in [2.75, 3.05) is 19.6 Å². The Balaban J connectivity index is 2.16. The van der Waals surface area contributed by atoms with Gasteiger partial charge in [0.2, 0.25) is 0 Å². The van der Waals surface area contributed by atoms with E-state index in [4.69, 9.17) is 11.6 Å². The highest BCUT2D eigenvalue weighted by molar-refractivity contribution is 6.31. The van der Waals surface area contributed by atoms with E-state index in [9.17, 15) is 0 Å². The van der Waals surface area contributed by atoms with E-state index >= 15 is 0 Å². The zero-order valence-corrected chi connectivity index (χ0v) is 13.9. The molecule has 1 aliphatic heterocycles. The molecule has 1 aromatic heterocycles. The van der Waals surface area contributed by atoms with Crippen LogP contribution in [0.3, 0.4) is 0 Å². The summed E-state index contributed by atoms with van der Waals surface area (Å²) in [4.78, 5) is 2.51. The van der Waals surface area contributed by atoms with E-state index in [0.29, 0.717) is 0 Å². The van der Waals surface area contributed by atoms with Crippen LogP contribution < -0.4 is 5.32 Å². The molecule has 0 saturated carbocycles. The number of aromatic nitrogens is 2. The lowest BCUT2D eigenvalue weighted by Gasteiger charge is -2.32. The number of aryl methyl sites for hydroxylation is 2. The van der Waals surface area contributed by atoms with Gasteiger partial charge in [-0.1, -0.05) is 18.5 Å². The number of nitrogens with zero attached hydrogens (tertiary/aromatic N) is 3. The Bertz CT molecular complexity index is 457. The summed E-state index contributed by atoms with van der Waals surface area (Å²) in [5, 5.41) is 9.03. The molecule has 1 atom stereocenters. The van der Waals surface area contributed by atoms with Crippen molar-refractivity contribution in [1.82, 2.24) is 20.0 Å². The van der Waals surface area contributed by atoms with Gasteiger partial charge in [-0.25, -0.2) is 0 Å². The largest absolute Gasteiger partial charge is 0.310 e. The summed E-state index contributed by atoms with van der Waals surface area (Å²) in [5.41, 5.74) is 2.30. The van der Waals surface area contributed by atoms with Crippen LogP contribution in [0.2, 0.25) is 5.02 Å². The van der Waals surface area contributed by atoms with Gasteiger partial charge < -0.3 is 5.32 Å². The first-order chi connectivity index (χ1) is 9.49. The molecule has 0 aromatic carbocycles. The van der Waals surface area contributed by atoms with Gasteiger partial charge in [-0.05, 0) is 46.7 Å². The Labute approximate surface area is 127 Å². The zero-order valence-electron chi connectivity index (χ0n) is 13.2. The molecule has 2 heterocycles. The fraction of sp³-hybridized carbons (Fsp3) is 0.800. The first-order valence-corrected chi connectivity index (χ1v) is 8.06. The van der Waals surface area contributed by atoms with Crippen molar-refractivity contribution >= 4 is 11.6 Å². The lowest BCUT2D eigenvalue weighted by Crippen LogP contribution is -2.48. The molecule has 0 aliphatic carbocycles. The van der Waals surface area contributed by atoms with Crippen molar-refractivity contribution in [2.24, 2.45) is 0 Å². The van der Waals surface area contributed by atoms with Gasteiger partial charge in [0.15, 0.2) is 0 Å². The molecule has 5 heteroatoms. The third-order valence-electron chi connectivity index (χ3n) is 4.38. The third-order valence-corrected chi connectivity index (χ3v) is 4.87. The minimum Gasteiger partial charge on any atom is -0.310 e. The predicted molar refractivity (Wildman–Crippen MR) is 84.2 cm³/mol. The highest BCUT2D eigenvalue weighted by Gasteiger charge is 2.28. The molecule has 1 aromatic rings. The number of halogens is 1. The second-order valence-corrected chi connectivity index (χ2v) is 6.45. The summed E-state index contributed by atoms with van der Waals surface area (Å²) < 4.78 is 2.04. The van der Waals surface area contributed by atoms with E-state index in [1.165, 1.54) is 6.42 Å². The normalized spacial score (nSPS) is 24.9. The topological polar surface area (TPSA) is 33.1 Å². The van der Waals surface area contributed by atoms with E-state index in [0.717, 1.165) is 55.6 Å². The molecule has 0 amide bonds. The molecule has 1 fully saturated rings. The maximum absolute atomic E-state index is 6.43. The van der Waals surface area contributed by atoms with E-state index in [-0.39, 0.29) is 5.54 Å². The maximum Gasteiger partial charge on any atom is 0.0860 e. The minimum atomic E-state index is 0.203. The molecule has 1 unspecified atom stereocenters. The fourth-order valence-corrected chi connectivity index (χ4v) is 3.12. The van der Waals surface area contributed by atoms with Crippen LogP contribution >= 0.6 is 11.6 Å². The zero-order chi connectivity index (χ0) is 14.8. The van der Waals surface area contributed by atoms with Crippen LogP contribution in [0, 0.1) is 6.92 Å². The SMILES string of the molecule is CCn1nc(C)c(Cl)c1CN1CCCNC(C)(CC)C1. The molecular weight excluding hydrogens is 272 g/mol. The lowest BCUT2D eigenvalue weighted by atomic mass is 9.98. The third kappa shape index (κ3) is 3.35. The van der Waals surface area contributed by atoms with Crippen LogP contribution in [0.5, 0.6) is 0 Å². The van der Waals surface area contributed by atoms with Crippen LogP contribution in [0.4, 0.5) is 0 Å². The standard InChI is InChI=1S/C15H27ClN4/c1-5-15(4)11-19(9-7-8-17-15)10-13-14(16)12(3)18-20(13)6-2/h17H,5-11H2,1-4H3. The Hall–Kier alpha value is -0.580. The fourth-order valence-electron chi connectivity index (χ4n) is 2.92. The smallest absolute Gasteiger partial charge is 0.0860 e. The van der Waals surface area contributed by atoms with E-state index < -0.39 is 0 Å². The summed E-state index contributed by atoms with van der Waals surface area (Å²) in [6.07, 6.45) is 2.33. The molecule has 1 saturated heterocycles. The van der Waals surface area contributed by atoms with Gasteiger partial charge in [-0.2, -0.15) is 5.10 Å². The molecule has 20 heavy (non-hydrogen) atoms. The van der Waals surface area contributed by atoms with Gasteiger partial charge >= 0.3 is 0 Å². The molecule has 2 rings (SSSR count). The molecule has 1 N–H and O–H groups in total. The van der Waals surface area contributed by atoms with Crippen molar-refractivity contribution in [3.8, 4) is 0 Å². The summed E-state index contributed by atoms with van der Waals surface area (Å²) in [5.74, 6) is 0. The molecule has 114 valence electrons. The Kier molecular flexibility index (Phi) is 5.10. The Morgan fingerprint density at radius 3 is 2.80 bits per heavy atom.